The summed E-state index contributed by atoms with van der Waals surface area (Å²) in [6, 6.07) is 6.59. The Morgan fingerprint density at radius 1 is 1.20 bits per heavy atom. The molecule has 0 bridgehead atoms. The molecule has 8 heteroatoms. The highest BCUT2D eigenvalue weighted by Gasteiger charge is 2.18. The van der Waals surface area contributed by atoms with Crippen LogP contribution in [0.1, 0.15) is 31.4 Å². The molecule has 1 aromatic rings. The molecular formula is C22H39N5O2S. The Morgan fingerprint density at radius 3 is 2.53 bits per heavy atom. The third kappa shape index (κ3) is 8.14. The summed E-state index contributed by atoms with van der Waals surface area (Å²) < 4.78 is 22.7. The lowest BCUT2D eigenvalue weighted by molar-refractivity contribution is 0.265. The van der Waals surface area contributed by atoms with Crippen LogP contribution in [0.5, 0.6) is 0 Å². The van der Waals surface area contributed by atoms with Crippen molar-refractivity contribution >= 4 is 21.5 Å². The van der Waals surface area contributed by atoms with Gasteiger partial charge in [-0.2, -0.15) is 0 Å². The van der Waals surface area contributed by atoms with Crippen molar-refractivity contribution in [3.05, 3.63) is 29.3 Å². The van der Waals surface area contributed by atoms with E-state index in [1.165, 1.54) is 23.1 Å². The summed E-state index contributed by atoms with van der Waals surface area (Å²) in [6.07, 6.45) is 1.85. The molecule has 0 radical (unpaired) electrons. The molecule has 170 valence electrons. The predicted molar refractivity (Wildman–Crippen MR) is 127 cm³/mol. The summed E-state index contributed by atoms with van der Waals surface area (Å²) in [4.78, 5) is 9.63. The van der Waals surface area contributed by atoms with Crippen LogP contribution < -0.4 is 15.5 Å². The standard InChI is InChI=1S/C22H39N5O2S/c1-6-23-22(25-19(3)10-17-30(5,28)29)24-11-12-26-13-15-27(16-14-26)21-9-7-8-18(2)20(21)4/h7-9,19H,6,10-17H2,1-5H3,(H2,23,24,25). The topological polar surface area (TPSA) is 77.0 Å². The van der Waals surface area contributed by atoms with E-state index in [4.69, 9.17) is 0 Å². The molecule has 2 rings (SSSR count). The Bertz CT molecular complexity index is 802. The largest absolute Gasteiger partial charge is 0.369 e. The molecule has 1 unspecified atom stereocenters. The first-order valence-corrected chi connectivity index (χ1v) is 13.0. The fraction of sp³-hybridized carbons (Fsp3) is 0.682. The summed E-state index contributed by atoms with van der Waals surface area (Å²) in [5, 5.41) is 6.57. The molecule has 1 atom stereocenters. The van der Waals surface area contributed by atoms with Crippen molar-refractivity contribution in [1.82, 2.24) is 15.5 Å². The molecule has 1 saturated heterocycles. The van der Waals surface area contributed by atoms with Gasteiger partial charge in [0.25, 0.3) is 0 Å². The number of guanidine groups is 1. The number of rotatable bonds is 9. The van der Waals surface area contributed by atoms with Gasteiger partial charge in [0, 0.05) is 57.3 Å². The molecule has 1 aromatic carbocycles. The van der Waals surface area contributed by atoms with Crippen LogP contribution in [0.2, 0.25) is 0 Å². The average molecular weight is 438 g/mol. The number of aliphatic imine (C=N–C) groups is 1. The van der Waals surface area contributed by atoms with Gasteiger partial charge < -0.3 is 15.5 Å². The maximum absolute atomic E-state index is 11.4. The zero-order valence-corrected chi connectivity index (χ0v) is 20.1. The van der Waals surface area contributed by atoms with E-state index in [9.17, 15) is 8.42 Å². The lowest BCUT2D eigenvalue weighted by Crippen LogP contribution is -2.47. The molecule has 1 heterocycles. The van der Waals surface area contributed by atoms with Gasteiger partial charge in [0.15, 0.2) is 5.96 Å². The number of sulfone groups is 1. The Balaban J connectivity index is 1.79. The number of nitrogens with zero attached hydrogens (tertiary/aromatic N) is 3. The summed E-state index contributed by atoms with van der Waals surface area (Å²) in [5.74, 6) is 0.943. The van der Waals surface area contributed by atoms with E-state index in [0.29, 0.717) is 6.42 Å². The van der Waals surface area contributed by atoms with Gasteiger partial charge in [-0.05, 0) is 51.3 Å². The van der Waals surface area contributed by atoms with Gasteiger partial charge in [0.05, 0.1) is 12.3 Å². The van der Waals surface area contributed by atoms with Crippen molar-refractivity contribution in [2.75, 3.05) is 62.7 Å². The first-order valence-electron chi connectivity index (χ1n) is 11.0. The van der Waals surface area contributed by atoms with E-state index in [0.717, 1.165) is 51.8 Å². The maximum atomic E-state index is 11.4. The van der Waals surface area contributed by atoms with Crippen LogP contribution in [0.25, 0.3) is 0 Å². The molecule has 0 aliphatic carbocycles. The molecule has 0 saturated carbocycles. The van der Waals surface area contributed by atoms with E-state index < -0.39 is 9.84 Å². The average Bonchev–Trinajstić information content (AvgIpc) is 2.69. The zero-order chi connectivity index (χ0) is 22.1. The molecule has 0 aromatic heterocycles. The van der Waals surface area contributed by atoms with E-state index in [2.05, 4.69) is 57.5 Å². The van der Waals surface area contributed by atoms with Crippen LogP contribution in [0, 0.1) is 13.8 Å². The fourth-order valence-electron chi connectivity index (χ4n) is 3.61. The van der Waals surface area contributed by atoms with Crippen LogP contribution in [-0.4, -0.2) is 83.1 Å². The van der Waals surface area contributed by atoms with E-state index >= 15 is 0 Å². The number of hydrogen-bond donors (Lipinski definition) is 2. The highest BCUT2D eigenvalue weighted by atomic mass is 32.2. The molecule has 0 spiro atoms. The van der Waals surface area contributed by atoms with Crippen molar-refractivity contribution < 1.29 is 8.42 Å². The molecule has 1 aliphatic rings. The zero-order valence-electron chi connectivity index (χ0n) is 19.2. The van der Waals surface area contributed by atoms with E-state index in [-0.39, 0.29) is 11.8 Å². The van der Waals surface area contributed by atoms with Gasteiger partial charge in [-0.3, -0.25) is 9.89 Å². The van der Waals surface area contributed by atoms with Crippen LogP contribution in [0.4, 0.5) is 5.69 Å². The Hall–Kier alpha value is -1.80. The number of piperazine rings is 1. The van der Waals surface area contributed by atoms with Gasteiger partial charge >= 0.3 is 0 Å². The van der Waals surface area contributed by atoms with Gasteiger partial charge in [-0.25, -0.2) is 8.42 Å². The lowest BCUT2D eigenvalue weighted by atomic mass is 10.1. The molecule has 0 amide bonds. The van der Waals surface area contributed by atoms with Crippen molar-refractivity contribution in [3.8, 4) is 0 Å². The first kappa shape index (κ1) is 24.5. The van der Waals surface area contributed by atoms with Gasteiger partial charge in [-0.1, -0.05) is 12.1 Å². The summed E-state index contributed by atoms with van der Waals surface area (Å²) >= 11 is 0. The number of nitrogens with one attached hydrogen (secondary N) is 2. The Labute approximate surface area is 182 Å². The summed E-state index contributed by atoms with van der Waals surface area (Å²) in [6.45, 7) is 15.0. The van der Waals surface area contributed by atoms with Crippen LogP contribution in [0.15, 0.2) is 23.2 Å². The highest BCUT2D eigenvalue weighted by molar-refractivity contribution is 7.90. The van der Waals surface area contributed by atoms with E-state index in [1.54, 1.807) is 0 Å². The minimum absolute atomic E-state index is 0.0543. The number of hydrogen-bond acceptors (Lipinski definition) is 5. The fourth-order valence-corrected chi connectivity index (χ4v) is 4.39. The first-order chi connectivity index (χ1) is 14.2. The van der Waals surface area contributed by atoms with Crippen molar-refractivity contribution in [3.63, 3.8) is 0 Å². The smallest absolute Gasteiger partial charge is 0.191 e. The van der Waals surface area contributed by atoms with Gasteiger partial charge in [-0.15, -0.1) is 0 Å². The minimum atomic E-state index is -2.94. The highest BCUT2D eigenvalue weighted by Crippen LogP contribution is 2.23. The molecule has 30 heavy (non-hydrogen) atoms. The second-order valence-corrected chi connectivity index (χ2v) is 10.5. The third-order valence-corrected chi connectivity index (χ3v) is 6.60. The van der Waals surface area contributed by atoms with Crippen LogP contribution >= 0.6 is 0 Å². The monoisotopic (exact) mass is 437 g/mol. The lowest BCUT2D eigenvalue weighted by Gasteiger charge is -2.36. The normalized spacial score (nSPS) is 17.1. The van der Waals surface area contributed by atoms with E-state index in [1.807, 2.05) is 13.8 Å². The number of aryl methyl sites for hydroxylation is 1. The molecule has 1 fully saturated rings. The minimum Gasteiger partial charge on any atom is -0.369 e. The molecular weight excluding hydrogens is 398 g/mol. The summed E-state index contributed by atoms with van der Waals surface area (Å²) in [7, 11) is -2.94. The number of anilines is 1. The quantitative estimate of drug-likeness (QED) is 0.453. The van der Waals surface area contributed by atoms with Crippen molar-refractivity contribution in [1.29, 1.82) is 0 Å². The second kappa shape index (κ2) is 11.6. The summed E-state index contributed by atoms with van der Waals surface area (Å²) in [5.41, 5.74) is 4.08. The van der Waals surface area contributed by atoms with Crippen LogP contribution in [0.3, 0.4) is 0 Å². The SMILES string of the molecule is CCNC(=NCCN1CCN(c2cccc(C)c2C)CC1)NC(C)CCS(C)(=O)=O. The Kier molecular flexibility index (Phi) is 9.42. The molecule has 7 nitrogen and oxygen atoms in total. The number of benzene rings is 1. The third-order valence-electron chi connectivity index (χ3n) is 5.62. The van der Waals surface area contributed by atoms with Crippen molar-refractivity contribution in [2.45, 2.75) is 40.2 Å². The Morgan fingerprint density at radius 2 is 1.90 bits per heavy atom. The van der Waals surface area contributed by atoms with Crippen molar-refractivity contribution in [2.24, 2.45) is 4.99 Å². The molecule has 2 N–H and O–H groups in total. The molecule has 1 aliphatic heterocycles. The van der Waals surface area contributed by atoms with Crippen LogP contribution in [-0.2, 0) is 9.84 Å². The second-order valence-electron chi connectivity index (χ2n) is 8.27. The predicted octanol–water partition coefficient (Wildman–Crippen LogP) is 1.80. The van der Waals surface area contributed by atoms with Gasteiger partial charge in [0.1, 0.15) is 9.84 Å². The maximum Gasteiger partial charge on any atom is 0.191 e. The van der Waals surface area contributed by atoms with Gasteiger partial charge in [0.2, 0.25) is 0 Å².